The number of rotatable bonds is 9. The summed E-state index contributed by atoms with van der Waals surface area (Å²) in [6, 6.07) is 14.9. The molecule has 1 aliphatic rings. The zero-order valence-electron chi connectivity index (χ0n) is 17.2. The number of benzene rings is 2. The molecule has 7 heteroatoms. The van der Waals surface area contributed by atoms with Gasteiger partial charge in [-0.2, -0.15) is 0 Å². The van der Waals surface area contributed by atoms with Gasteiger partial charge < -0.3 is 24.8 Å². The van der Waals surface area contributed by atoms with E-state index >= 15 is 0 Å². The average Bonchev–Trinajstić information content (AvgIpc) is 2.75. The van der Waals surface area contributed by atoms with Crippen LogP contribution in [-0.2, 0) is 17.8 Å². The standard InChI is InChI=1S/C23H29NO6/c1-29-20-4-2-3-18(13-20)14-23(22(27)28)16-24(10-9-21(23)26)15-17-5-7-19(8-6-17)30-12-11-25/h2-8,13,21,25-26H,9-12,14-16H2,1H3,(H,27,28)/t21-,23-/m1/s1. The van der Waals surface area contributed by atoms with Gasteiger partial charge in [-0.05, 0) is 48.2 Å². The first kappa shape index (κ1) is 22.1. The number of aliphatic hydroxyl groups is 2. The maximum Gasteiger partial charge on any atom is 0.313 e. The maximum absolute atomic E-state index is 12.3. The van der Waals surface area contributed by atoms with E-state index in [9.17, 15) is 15.0 Å². The molecule has 3 N–H and O–H groups in total. The second-order valence-corrected chi connectivity index (χ2v) is 7.72. The molecule has 2 aromatic carbocycles. The third-order valence-electron chi connectivity index (χ3n) is 5.63. The van der Waals surface area contributed by atoms with E-state index in [1.807, 2.05) is 48.5 Å². The molecule has 0 amide bonds. The minimum absolute atomic E-state index is 0.0393. The fraction of sp³-hybridized carbons (Fsp3) is 0.435. The van der Waals surface area contributed by atoms with E-state index in [1.165, 1.54) is 0 Å². The molecule has 7 nitrogen and oxygen atoms in total. The van der Waals surface area contributed by atoms with Crippen molar-refractivity contribution in [3.05, 3.63) is 59.7 Å². The molecule has 0 bridgehead atoms. The highest BCUT2D eigenvalue weighted by atomic mass is 16.5. The van der Waals surface area contributed by atoms with Crippen LogP contribution in [0, 0.1) is 5.41 Å². The Morgan fingerprint density at radius 1 is 1.17 bits per heavy atom. The first-order valence-electron chi connectivity index (χ1n) is 10.1. The van der Waals surface area contributed by atoms with Gasteiger partial charge in [0, 0.05) is 19.6 Å². The van der Waals surface area contributed by atoms with Crippen LogP contribution < -0.4 is 9.47 Å². The van der Waals surface area contributed by atoms with Crippen LogP contribution in [0.4, 0.5) is 0 Å². The predicted octanol–water partition coefficient (Wildman–Crippen LogP) is 1.95. The van der Waals surface area contributed by atoms with Crippen molar-refractivity contribution in [2.75, 3.05) is 33.4 Å². The van der Waals surface area contributed by atoms with Gasteiger partial charge in [0.15, 0.2) is 0 Å². The van der Waals surface area contributed by atoms with Gasteiger partial charge >= 0.3 is 5.97 Å². The number of aliphatic carboxylic acids is 1. The van der Waals surface area contributed by atoms with Crippen molar-refractivity contribution in [1.29, 1.82) is 0 Å². The molecule has 0 unspecified atom stereocenters. The van der Waals surface area contributed by atoms with E-state index in [4.69, 9.17) is 14.6 Å². The summed E-state index contributed by atoms with van der Waals surface area (Å²) in [6.45, 7) is 1.66. The number of likely N-dealkylation sites (tertiary alicyclic amines) is 1. The summed E-state index contributed by atoms with van der Waals surface area (Å²) in [5.74, 6) is 0.355. The Morgan fingerprint density at radius 3 is 2.60 bits per heavy atom. The Labute approximate surface area is 176 Å². The Morgan fingerprint density at radius 2 is 1.93 bits per heavy atom. The van der Waals surface area contributed by atoms with Gasteiger partial charge in [0.2, 0.25) is 0 Å². The van der Waals surface area contributed by atoms with Gasteiger partial charge in [-0.25, -0.2) is 0 Å². The summed E-state index contributed by atoms with van der Waals surface area (Å²) in [6.07, 6.45) is -0.300. The Hall–Kier alpha value is -2.61. The normalized spacial score (nSPS) is 21.9. The van der Waals surface area contributed by atoms with Gasteiger partial charge in [0.1, 0.15) is 23.5 Å². The molecule has 0 aromatic heterocycles. The number of methoxy groups -OCH3 is 1. The smallest absolute Gasteiger partial charge is 0.313 e. The Kier molecular flexibility index (Phi) is 7.31. The van der Waals surface area contributed by atoms with Gasteiger partial charge in [-0.3, -0.25) is 9.69 Å². The summed E-state index contributed by atoms with van der Waals surface area (Å²) >= 11 is 0. The molecule has 0 saturated carbocycles. The zero-order valence-corrected chi connectivity index (χ0v) is 17.2. The molecule has 1 fully saturated rings. The molecule has 0 radical (unpaired) electrons. The van der Waals surface area contributed by atoms with Crippen LogP contribution in [-0.4, -0.2) is 65.7 Å². The quantitative estimate of drug-likeness (QED) is 0.576. The summed E-state index contributed by atoms with van der Waals surface area (Å²) in [5.41, 5.74) is 0.570. The number of hydrogen-bond donors (Lipinski definition) is 3. The van der Waals surface area contributed by atoms with Gasteiger partial charge in [-0.15, -0.1) is 0 Å². The summed E-state index contributed by atoms with van der Waals surface area (Å²) < 4.78 is 10.6. The Balaban J connectivity index is 1.74. The van der Waals surface area contributed by atoms with E-state index < -0.39 is 17.5 Å². The zero-order chi connectivity index (χ0) is 21.6. The average molecular weight is 415 g/mol. The van der Waals surface area contributed by atoms with Crippen LogP contribution in [0.15, 0.2) is 48.5 Å². The number of hydrogen-bond acceptors (Lipinski definition) is 6. The summed E-state index contributed by atoms with van der Waals surface area (Å²) in [4.78, 5) is 14.4. The van der Waals surface area contributed by atoms with Crippen LogP contribution in [0.3, 0.4) is 0 Å². The van der Waals surface area contributed by atoms with Crippen molar-refractivity contribution >= 4 is 5.97 Å². The number of carbonyl (C=O) groups is 1. The molecule has 3 rings (SSSR count). The van der Waals surface area contributed by atoms with Crippen LogP contribution in [0.1, 0.15) is 17.5 Å². The molecular formula is C23H29NO6. The molecule has 2 atom stereocenters. The number of aliphatic hydroxyl groups excluding tert-OH is 2. The highest BCUT2D eigenvalue weighted by Gasteiger charge is 2.49. The van der Waals surface area contributed by atoms with Gasteiger partial charge in [0.25, 0.3) is 0 Å². The predicted molar refractivity (Wildman–Crippen MR) is 112 cm³/mol. The summed E-state index contributed by atoms with van der Waals surface area (Å²) in [5, 5.41) is 29.6. The largest absolute Gasteiger partial charge is 0.497 e. The minimum Gasteiger partial charge on any atom is -0.497 e. The molecule has 0 aliphatic carbocycles. The maximum atomic E-state index is 12.3. The van der Waals surface area contributed by atoms with Crippen LogP contribution >= 0.6 is 0 Å². The van der Waals surface area contributed by atoms with Gasteiger partial charge in [0.05, 0.1) is 19.8 Å². The molecule has 30 heavy (non-hydrogen) atoms. The molecule has 2 aromatic rings. The highest BCUT2D eigenvalue weighted by molar-refractivity contribution is 5.76. The topological polar surface area (TPSA) is 99.5 Å². The van der Waals surface area contributed by atoms with Gasteiger partial charge in [-0.1, -0.05) is 24.3 Å². The monoisotopic (exact) mass is 415 g/mol. The lowest BCUT2D eigenvalue weighted by Gasteiger charge is -2.43. The lowest BCUT2D eigenvalue weighted by molar-refractivity contribution is -0.163. The van der Waals surface area contributed by atoms with E-state index in [0.29, 0.717) is 31.0 Å². The number of carboxylic acids is 1. The SMILES string of the molecule is COc1cccc(C[C@@]2(C(=O)O)CN(Cc3ccc(OCCO)cc3)CC[C@H]2O)c1. The second-order valence-electron chi connectivity index (χ2n) is 7.72. The first-order valence-corrected chi connectivity index (χ1v) is 10.1. The van der Waals surface area contributed by atoms with E-state index in [2.05, 4.69) is 4.90 Å². The van der Waals surface area contributed by atoms with Crippen molar-refractivity contribution in [2.24, 2.45) is 5.41 Å². The number of nitrogens with zero attached hydrogens (tertiary/aromatic N) is 1. The molecular weight excluding hydrogens is 386 g/mol. The van der Waals surface area contributed by atoms with Crippen molar-refractivity contribution in [3.63, 3.8) is 0 Å². The number of carboxylic acid groups (broad SMARTS) is 1. The Bertz CT molecular complexity index is 840. The third kappa shape index (κ3) is 5.11. The summed E-state index contributed by atoms with van der Waals surface area (Å²) in [7, 11) is 1.57. The van der Waals surface area contributed by atoms with E-state index in [1.54, 1.807) is 7.11 Å². The van der Waals surface area contributed by atoms with Crippen molar-refractivity contribution in [1.82, 2.24) is 4.90 Å². The molecule has 1 heterocycles. The fourth-order valence-electron chi connectivity index (χ4n) is 4.02. The first-order chi connectivity index (χ1) is 14.5. The molecule has 0 spiro atoms. The number of ether oxygens (including phenoxy) is 2. The lowest BCUT2D eigenvalue weighted by Crippen LogP contribution is -2.56. The second kappa shape index (κ2) is 9.93. The van der Waals surface area contributed by atoms with Crippen molar-refractivity contribution < 1.29 is 29.6 Å². The van der Waals surface area contributed by atoms with Crippen LogP contribution in [0.5, 0.6) is 11.5 Å². The van der Waals surface area contributed by atoms with Crippen LogP contribution in [0.25, 0.3) is 0 Å². The van der Waals surface area contributed by atoms with E-state index in [0.717, 1.165) is 11.1 Å². The van der Waals surface area contributed by atoms with E-state index in [-0.39, 0.29) is 26.2 Å². The molecule has 1 saturated heterocycles. The van der Waals surface area contributed by atoms with Crippen molar-refractivity contribution in [2.45, 2.75) is 25.5 Å². The minimum atomic E-state index is -1.28. The molecule has 1 aliphatic heterocycles. The number of piperidine rings is 1. The lowest BCUT2D eigenvalue weighted by atomic mass is 9.72. The molecule has 162 valence electrons. The van der Waals surface area contributed by atoms with Crippen LogP contribution in [0.2, 0.25) is 0 Å². The third-order valence-corrected chi connectivity index (χ3v) is 5.63. The highest BCUT2D eigenvalue weighted by Crippen LogP contribution is 2.36. The fourth-order valence-corrected chi connectivity index (χ4v) is 4.02. The van der Waals surface area contributed by atoms with Crippen molar-refractivity contribution in [3.8, 4) is 11.5 Å².